The first-order chi connectivity index (χ1) is 8.97. The Morgan fingerprint density at radius 2 is 2.10 bits per heavy atom. The zero-order chi connectivity index (χ0) is 14.3. The summed E-state index contributed by atoms with van der Waals surface area (Å²) < 4.78 is 5.73. The number of amides is 1. The molecule has 0 aliphatic rings. The van der Waals surface area contributed by atoms with Crippen LogP contribution in [0.25, 0.3) is 0 Å². The van der Waals surface area contributed by atoms with Crippen LogP contribution in [-0.2, 0) is 4.79 Å². The van der Waals surface area contributed by atoms with Crippen LogP contribution in [0.2, 0.25) is 0 Å². The molecule has 0 spiro atoms. The van der Waals surface area contributed by atoms with Crippen molar-refractivity contribution < 1.29 is 9.53 Å². The van der Waals surface area contributed by atoms with Crippen molar-refractivity contribution in [2.45, 2.75) is 45.8 Å². The second-order valence-electron chi connectivity index (χ2n) is 5.07. The summed E-state index contributed by atoms with van der Waals surface area (Å²) >= 11 is 0. The van der Waals surface area contributed by atoms with Gasteiger partial charge in [-0.1, -0.05) is 12.1 Å². The van der Waals surface area contributed by atoms with E-state index in [1.54, 1.807) is 0 Å². The van der Waals surface area contributed by atoms with Crippen molar-refractivity contribution in [3.8, 4) is 5.75 Å². The number of benzene rings is 1. The summed E-state index contributed by atoms with van der Waals surface area (Å²) in [5, 5.41) is 2.85. The number of aryl methyl sites for hydroxylation is 1. The van der Waals surface area contributed by atoms with Gasteiger partial charge in [-0.25, -0.2) is 0 Å². The van der Waals surface area contributed by atoms with E-state index < -0.39 is 0 Å². The Bertz CT molecular complexity index is 411. The summed E-state index contributed by atoms with van der Waals surface area (Å²) in [5.74, 6) is 0.856. The molecule has 1 rings (SSSR count). The summed E-state index contributed by atoms with van der Waals surface area (Å²) in [7, 11) is 0. The van der Waals surface area contributed by atoms with Crippen LogP contribution in [0.1, 0.15) is 32.3 Å². The lowest BCUT2D eigenvalue weighted by atomic mass is 10.2. The van der Waals surface area contributed by atoms with Crippen molar-refractivity contribution in [1.82, 2.24) is 5.32 Å². The van der Waals surface area contributed by atoms with Crippen molar-refractivity contribution in [3.05, 3.63) is 29.8 Å². The predicted octanol–water partition coefficient (Wildman–Crippen LogP) is 2.43. The van der Waals surface area contributed by atoms with Gasteiger partial charge in [0.15, 0.2) is 0 Å². The molecule has 2 unspecified atom stereocenters. The second kappa shape index (κ2) is 9.61. The molecule has 0 saturated carbocycles. The SMILES string of the molecule is Cc1cccc(OC(C)CNC(=O)CCC(C)N)c1.Cl. The Labute approximate surface area is 127 Å². The van der Waals surface area contributed by atoms with Crippen LogP contribution in [0.5, 0.6) is 5.75 Å². The van der Waals surface area contributed by atoms with Crippen LogP contribution in [0.3, 0.4) is 0 Å². The van der Waals surface area contributed by atoms with E-state index in [9.17, 15) is 4.79 Å². The fourth-order valence-electron chi connectivity index (χ4n) is 1.67. The predicted molar refractivity (Wildman–Crippen MR) is 84.4 cm³/mol. The third kappa shape index (κ3) is 8.02. The molecule has 0 aromatic heterocycles. The highest BCUT2D eigenvalue weighted by molar-refractivity contribution is 5.85. The molecule has 2 atom stereocenters. The molecule has 1 aromatic carbocycles. The molecule has 4 nitrogen and oxygen atoms in total. The van der Waals surface area contributed by atoms with Gasteiger partial charge in [-0.2, -0.15) is 0 Å². The molecule has 0 saturated heterocycles. The van der Waals surface area contributed by atoms with Crippen molar-refractivity contribution in [1.29, 1.82) is 0 Å². The second-order valence-corrected chi connectivity index (χ2v) is 5.07. The largest absolute Gasteiger partial charge is 0.489 e. The maximum absolute atomic E-state index is 11.5. The minimum Gasteiger partial charge on any atom is -0.489 e. The summed E-state index contributed by atoms with van der Waals surface area (Å²) in [5.41, 5.74) is 6.77. The van der Waals surface area contributed by atoms with Gasteiger partial charge in [-0.3, -0.25) is 4.79 Å². The Morgan fingerprint density at radius 3 is 2.70 bits per heavy atom. The number of carbonyl (C=O) groups is 1. The van der Waals surface area contributed by atoms with E-state index in [2.05, 4.69) is 5.32 Å². The highest BCUT2D eigenvalue weighted by Crippen LogP contribution is 2.13. The van der Waals surface area contributed by atoms with Gasteiger partial charge in [0.25, 0.3) is 0 Å². The molecular weight excluding hydrogens is 276 g/mol. The van der Waals surface area contributed by atoms with Crippen molar-refractivity contribution >= 4 is 18.3 Å². The first-order valence-corrected chi connectivity index (χ1v) is 6.73. The highest BCUT2D eigenvalue weighted by Gasteiger charge is 2.07. The molecule has 20 heavy (non-hydrogen) atoms. The van der Waals surface area contributed by atoms with Crippen LogP contribution in [0.4, 0.5) is 0 Å². The fourth-order valence-corrected chi connectivity index (χ4v) is 1.67. The topological polar surface area (TPSA) is 64.3 Å². The zero-order valence-electron chi connectivity index (χ0n) is 12.4. The van der Waals surface area contributed by atoms with E-state index in [0.717, 1.165) is 11.3 Å². The number of carbonyl (C=O) groups excluding carboxylic acids is 1. The number of ether oxygens (including phenoxy) is 1. The smallest absolute Gasteiger partial charge is 0.220 e. The molecule has 114 valence electrons. The van der Waals surface area contributed by atoms with E-state index in [-0.39, 0.29) is 30.5 Å². The van der Waals surface area contributed by atoms with Crippen molar-refractivity contribution in [2.75, 3.05) is 6.54 Å². The molecule has 1 amide bonds. The first-order valence-electron chi connectivity index (χ1n) is 6.73. The summed E-state index contributed by atoms with van der Waals surface area (Å²) in [6.07, 6.45) is 1.12. The fraction of sp³-hybridized carbons (Fsp3) is 0.533. The third-order valence-corrected chi connectivity index (χ3v) is 2.74. The first kappa shape index (κ1) is 18.7. The summed E-state index contributed by atoms with van der Waals surface area (Å²) in [4.78, 5) is 11.5. The lowest BCUT2D eigenvalue weighted by Crippen LogP contribution is -2.34. The van der Waals surface area contributed by atoms with Gasteiger partial charge in [-0.15, -0.1) is 12.4 Å². The number of rotatable bonds is 7. The van der Waals surface area contributed by atoms with Gasteiger partial charge >= 0.3 is 0 Å². The third-order valence-electron chi connectivity index (χ3n) is 2.74. The minimum absolute atomic E-state index is 0. The zero-order valence-corrected chi connectivity index (χ0v) is 13.2. The average molecular weight is 301 g/mol. The number of nitrogens with one attached hydrogen (secondary N) is 1. The number of halogens is 1. The van der Waals surface area contributed by atoms with Crippen LogP contribution in [0, 0.1) is 6.92 Å². The lowest BCUT2D eigenvalue weighted by Gasteiger charge is -2.16. The molecule has 0 radical (unpaired) electrons. The summed E-state index contributed by atoms with van der Waals surface area (Å²) in [6, 6.07) is 7.94. The normalized spacial score (nSPS) is 13.0. The van der Waals surface area contributed by atoms with Crippen LogP contribution < -0.4 is 15.8 Å². The maximum Gasteiger partial charge on any atom is 0.220 e. The standard InChI is InChI=1S/C15H24N2O2.ClH/c1-11-5-4-6-14(9-11)19-13(3)10-17-15(18)8-7-12(2)16;/h4-6,9,12-13H,7-8,10,16H2,1-3H3,(H,17,18);1H. The van der Waals surface area contributed by atoms with Crippen molar-refractivity contribution in [2.24, 2.45) is 5.73 Å². The average Bonchev–Trinajstić information content (AvgIpc) is 2.34. The quantitative estimate of drug-likeness (QED) is 0.813. The van der Waals surface area contributed by atoms with Gasteiger partial charge in [0.1, 0.15) is 11.9 Å². The van der Waals surface area contributed by atoms with Crippen LogP contribution in [-0.4, -0.2) is 24.6 Å². The van der Waals surface area contributed by atoms with E-state index in [1.165, 1.54) is 0 Å². The van der Waals surface area contributed by atoms with Crippen LogP contribution >= 0.6 is 12.4 Å². The number of hydrogen-bond acceptors (Lipinski definition) is 3. The maximum atomic E-state index is 11.5. The van der Waals surface area contributed by atoms with Gasteiger partial charge in [0.05, 0.1) is 6.54 Å². The van der Waals surface area contributed by atoms with E-state index in [4.69, 9.17) is 10.5 Å². The molecule has 1 aromatic rings. The summed E-state index contributed by atoms with van der Waals surface area (Å²) in [6.45, 7) is 6.37. The van der Waals surface area contributed by atoms with Gasteiger partial charge in [0, 0.05) is 12.5 Å². The Hall–Kier alpha value is -1.26. The molecule has 0 bridgehead atoms. The molecule has 0 heterocycles. The Kier molecular flexibility index (Phi) is 9.01. The van der Waals surface area contributed by atoms with Crippen LogP contribution in [0.15, 0.2) is 24.3 Å². The van der Waals surface area contributed by atoms with Gasteiger partial charge in [0.2, 0.25) is 5.91 Å². The molecule has 0 aliphatic carbocycles. The lowest BCUT2D eigenvalue weighted by molar-refractivity contribution is -0.121. The van der Waals surface area contributed by atoms with Gasteiger partial charge < -0.3 is 15.8 Å². The van der Waals surface area contributed by atoms with E-state index >= 15 is 0 Å². The Morgan fingerprint density at radius 1 is 1.40 bits per heavy atom. The molecular formula is C15H25ClN2O2. The van der Waals surface area contributed by atoms with E-state index in [0.29, 0.717) is 19.4 Å². The molecule has 3 N–H and O–H groups in total. The van der Waals surface area contributed by atoms with Gasteiger partial charge in [-0.05, 0) is 44.9 Å². The molecule has 0 aliphatic heterocycles. The number of nitrogens with two attached hydrogens (primary N) is 1. The monoisotopic (exact) mass is 300 g/mol. The molecule has 5 heteroatoms. The van der Waals surface area contributed by atoms with E-state index in [1.807, 2.05) is 45.0 Å². The minimum atomic E-state index is -0.0546. The molecule has 0 fully saturated rings. The Balaban J connectivity index is 0.00000361. The number of hydrogen-bond donors (Lipinski definition) is 2. The van der Waals surface area contributed by atoms with Crippen molar-refractivity contribution in [3.63, 3.8) is 0 Å². The highest BCUT2D eigenvalue weighted by atomic mass is 35.5.